The Morgan fingerprint density at radius 1 is 0.800 bits per heavy atom. The maximum absolute atomic E-state index is 2.35. The van der Waals surface area contributed by atoms with Crippen molar-refractivity contribution < 1.29 is 17.0 Å². The van der Waals surface area contributed by atoms with E-state index in [-0.39, 0.29) is 40.1 Å². The average molecular weight is 429 g/mol. The maximum Gasteiger partial charge on any atom is 0.0842 e. The van der Waals surface area contributed by atoms with Gasteiger partial charge in [-0.05, 0) is 24.8 Å². The van der Waals surface area contributed by atoms with Gasteiger partial charge in [-0.2, -0.15) is 0 Å². The summed E-state index contributed by atoms with van der Waals surface area (Å²) in [5.74, 6) is 0. The number of halogens is 2. The molecule has 4 heteroatoms. The quantitative estimate of drug-likeness (QED) is 0.634. The van der Waals surface area contributed by atoms with Crippen LogP contribution in [-0.4, -0.2) is 18.5 Å². The Kier molecular flexibility index (Phi) is 18.5. The zero-order valence-electron chi connectivity index (χ0n) is 13.3. The van der Waals surface area contributed by atoms with Crippen LogP contribution in [0.25, 0.3) is 0 Å². The third-order valence-corrected chi connectivity index (χ3v) is 8.68. The lowest BCUT2D eigenvalue weighted by molar-refractivity contribution is -0.00000447. The SMILES string of the molecule is Br.CCC[P+](CCC)(CCC)Cc1ccccc1.N.[Br-]. The van der Waals surface area contributed by atoms with Gasteiger partial charge in [0.15, 0.2) is 0 Å². The second kappa shape index (κ2) is 14.5. The fourth-order valence-electron chi connectivity index (χ4n) is 2.97. The second-order valence-electron chi connectivity index (χ2n) is 5.16. The number of hydrogen-bond donors (Lipinski definition) is 1. The summed E-state index contributed by atoms with van der Waals surface area (Å²) in [6, 6.07) is 11.1. The van der Waals surface area contributed by atoms with Crippen LogP contribution in [0.5, 0.6) is 0 Å². The van der Waals surface area contributed by atoms with Gasteiger partial charge in [0.1, 0.15) is 0 Å². The molecule has 1 aromatic carbocycles. The highest BCUT2D eigenvalue weighted by Crippen LogP contribution is 2.62. The molecule has 0 radical (unpaired) electrons. The molecule has 1 aromatic rings. The van der Waals surface area contributed by atoms with Crippen molar-refractivity contribution in [3.05, 3.63) is 35.9 Å². The van der Waals surface area contributed by atoms with E-state index in [0.29, 0.717) is 0 Å². The topological polar surface area (TPSA) is 35.0 Å². The van der Waals surface area contributed by atoms with Gasteiger partial charge >= 0.3 is 0 Å². The largest absolute Gasteiger partial charge is 1.00 e. The van der Waals surface area contributed by atoms with Crippen molar-refractivity contribution >= 4 is 24.2 Å². The zero-order valence-corrected chi connectivity index (χ0v) is 17.5. The Bertz CT molecular complexity index is 290. The Balaban J connectivity index is -0.000000963. The Morgan fingerprint density at radius 3 is 1.55 bits per heavy atom. The van der Waals surface area contributed by atoms with Crippen molar-refractivity contribution in [3.8, 4) is 0 Å². The first-order chi connectivity index (χ1) is 8.26. The zero-order chi connectivity index (χ0) is 12.6. The molecule has 0 aliphatic carbocycles. The molecule has 0 saturated heterocycles. The normalized spacial score (nSPS) is 9.95. The predicted molar refractivity (Wildman–Crippen MR) is 97.9 cm³/mol. The smallest absolute Gasteiger partial charge is 0.0842 e. The fourth-order valence-corrected chi connectivity index (χ4v) is 7.94. The lowest BCUT2D eigenvalue weighted by Gasteiger charge is -2.27. The van der Waals surface area contributed by atoms with Crippen LogP contribution in [0, 0.1) is 0 Å². The predicted octanol–water partition coefficient (Wildman–Crippen LogP) is 3.18. The van der Waals surface area contributed by atoms with E-state index in [1.54, 1.807) is 5.56 Å². The van der Waals surface area contributed by atoms with Crippen LogP contribution in [0.1, 0.15) is 45.6 Å². The van der Waals surface area contributed by atoms with E-state index in [1.807, 2.05) is 0 Å². The molecule has 0 aromatic heterocycles. The summed E-state index contributed by atoms with van der Waals surface area (Å²) in [7, 11) is -0.718. The molecule has 0 fully saturated rings. The second-order valence-corrected chi connectivity index (χ2v) is 9.50. The molecule has 0 aliphatic rings. The standard InChI is InChI=1S/C16H28P.2BrH.H3N/c1-4-12-17(13-5-2,14-6-3)15-16-10-8-7-9-11-16;;;/h7-11H,4-6,12-15H2,1-3H3;2*1H;1H3/q+1;;;/p-1. The van der Waals surface area contributed by atoms with Crippen LogP contribution in [0.15, 0.2) is 30.3 Å². The van der Waals surface area contributed by atoms with Gasteiger partial charge in [-0.25, -0.2) is 0 Å². The Labute approximate surface area is 147 Å². The van der Waals surface area contributed by atoms with Gasteiger partial charge in [0, 0.05) is 7.26 Å². The minimum atomic E-state index is -0.718. The Morgan fingerprint density at radius 2 is 1.20 bits per heavy atom. The molecule has 0 amide bonds. The van der Waals surface area contributed by atoms with E-state index < -0.39 is 7.26 Å². The maximum atomic E-state index is 2.35. The van der Waals surface area contributed by atoms with Crippen LogP contribution in [0.2, 0.25) is 0 Å². The number of benzene rings is 1. The lowest BCUT2D eigenvalue weighted by atomic mass is 10.2. The van der Waals surface area contributed by atoms with Gasteiger partial charge < -0.3 is 23.1 Å². The average Bonchev–Trinajstić information content (AvgIpc) is 2.31. The van der Waals surface area contributed by atoms with E-state index >= 15 is 0 Å². The number of rotatable bonds is 8. The summed E-state index contributed by atoms with van der Waals surface area (Å²) >= 11 is 0. The third-order valence-electron chi connectivity index (χ3n) is 3.45. The molecule has 3 N–H and O–H groups in total. The molecule has 0 atom stereocenters. The van der Waals surface area contributed by atoms with Gasteiger partial charge in [-0.15, -0.1) is 17.0 Å². The van der Waals surface area contributed by atoms with Gasteiger partial charge in [-0.1, -0.05) is 51.1 Å². The third kappa shape index (κ3) is 8.77. The first-order valence-electron chi connectivity index (χ1n) is 7.15. The van der Waals surface area contributed by atoms with Crippen molar-refractivity contribution in [1.82, 2.24) is 6.15 Å². The van der Waals surface area contributed by atoms with Gasteiger partial charge in [0.25, 0.3) is 0 Å². The van der Waals surface area contributed by atoms with Crippen LogP contribution >= 0.6 is 24.2 Å². The summed E-state index contributed by atoms with van der Waals surface area (Å²) in [5, 5.41) is 0. The van der Waals surface area contributed by atoms with Crippen molar-refractivity contribution in [2.75, 3.05) is 18.5 Å². The van der Waals surface area contributed by atoms with Crippen molar-refractivity contribution in [2.45, 2.75) is 46.2 Å². The molecule has 0 spiro atoms. The molecule has 20 heavy (non-hydrogen) atoms. The van der Waals surface area contributed by atoms with E-state index in [0.717, 1.165) is 0 Å². The monoisotopic (exact) mass is 427 g/mol. The summed E-state index contributed by atoms with van der Waals surface area (Å²) < 4.78 is 0. The molecule has 120 valence electrons. The molecule has 0 heterocycles. The van der Waals surface area contributed by atoms with Crippen molar-refractivity contribution in [1.29, 1.82) is 0 Å². The van der Waals surface area contributed by atoms with Crippen LogP contribution < -0.4 is 23.1 Å². The van der Waals surface area contributed by atoms with Gasteiger partial charge in [0.2, 0.25) is 0 Å². The van der Waals surface area contributed by atoms with E-state index in [1.165, 1.54) is 43.9 Å². The summed E-state index contributed by atoms with van der Waals surface area (Å²) in [6.45, 7) is 7.06. The Hall–Kier alpha value is 0.570. The minimum Gasteiger partial charge on any atom is -1.00 e. The van der Waals surface area contributed by atoms with E-state index in [9.17, 15) is 0 Å². The first kappa shape index (κ1) is 25.5. The van der Waals surface area contributed by atoms with Gasteiger partial charge in [-0.3, -0.25) is 0 Å². The molecule has 1 nitrogen and oxygen atoms in total. The molecule has 0 saturated carbocycles. The summed E-state index contributed by atoms with van der Waals surface area (Å²) in [5.41, 5.74) is 1.57. The molecule has 0 unspecified atom stereocenters. The van der Waals surface area contributed by atoms with Crippen molar-refractivity contribution in [2.24, 2.45) is 0 Å². The van der Waals surface area contributed by atoms with Crippen LogP contribution in [0.3, 0.4) is 0 Å². The highest BCUT2D eigenvalue weighted by Gasteiger charge is 2.34. The highest BCUT2D eigenvalue weighted by atomic mass is 79.9. The van der Waals surface area contributed by atoms with Gasteiger partial charge in [0.05, 0.1) is 24.6 Å². The molecular formula is C16H32Br2NP. The van der Waals surface area contributed by atoms with Crippen LogP contribution in [-0.2, 0) is 6.16 Å². The van der Waals surface area contributed by atoms with E-state index in [4.69, 9.17) is 0 Å². The fraction of sp³-hybridized carbons (Fsp3) is 0.625. The number of hydrogen-bond acceptors (Lipinski definition) is 1. The van der Waals surface area contributed by atoms with E-state index in [2.05, 4.69) is 51.1 Å². The summed E-state index contributed by atoms with van der Waals surface area (Å²) in [4.78, 5) is 0. The molecule has 0 bridgehead atoms. The lowest BCUT2D eigenvalue weighted by Crippen LogP contribution is -3.00. The van der Waals surface area contributed by atoms with Crippen molar-refractivity contribution in [3.63, 3.8) is 0 Å². The molecule has 1 rings (SSSR count). The van der Waals surface area contributed by atoms with Crippen LogP contribution in [0.4, 0.5) is 0 Å². The summed E-state index contributed by atoms with van der Waals surface area (Å²) in [6.07, 6.45) is 9.93. The molecule has 0 aliphatic heterocycles. The first-order valence-corrected chi connectivity index (χ1v) is 9.68. The minimum absolute atomic E-state index is 0. The highest BCUT2D eigenvalue weighted by molar-refractivity contribution is 8.93. The molecular weight excluding hydrogens is 397 g/mol.